The van der Waals surface area contributed by atoms with Gasteiger partial charge in [-0.25, -0.2) is 4.79 Å². The molecule has 5 heteroatoms. The third-order valence-electron chi connectivity index (χ3n) is 0.431. The van der Waals surface area contributed by atoms with E-state index in [0.717, 1.165) is 0 Å². The van der Waals surface area contributed by atoms with Crippen LogP contribution in [0.5, 0.6) is 0 Å². The second-order valence-corrected chi connectivity index (χ2v) is 1.32. The fraction of sp³-hybridized carbons (Fsp3) is 0.667. The van der Waals surface area contributed by atoms with E-state index in [1.807, 2.05) is 0 Å². The van der Waals surface area contributed by atoms with E-state index in [-0.39, 0.29) is 36.9 Å². The summed E-state index contributed by atoms with van der Waals surface area (Å²) >= 11 is 4.92. The summed E-state index contributed by atoms with van der Waals surface area (Å²) in [7, 11) is 0. The molecule has 0 aliphatic rings. The summed E-state index contributed by atoms with van der Waals surface area (Å²) in [5.41, 5.74) is 0. The van der Waals surface area contributed by atoms with Crippen LogP contribution in [0.3, 0.4) is 0 Å². The second-order valence-electron chi connectivity index (χ2n) is 1.01. The van der Waals surface area contributed by atoms with Crippen LogP contribution in [0.15, 0.2) is 0 Å². The Morgan fingerprint density at radius 3 is 2.25 bits per heavy atom. The molecule has 0 heterocycles. The van der Waals surface area contributed by atoms with Crippen molar-refractivity contribution < 1.29 is 46.0 Å². The zero-order chi connectivity index (χ0) is 5.86. The van der Waals surface area contributed by atoms with E-state index in [9.17, 15) is 4.79 Å². The first-order chi connectivity index (χ1) is 3.18. The number of rotatable bonds is 2. The van der Waals surface area contributed by atoms with Gasteiger partial charge in [-0.15, -0.1) is 11.6 Å². The minimum atomic E-state index is -1.42. The molecule has 8 heavy (non-hydrogen) atoms. The van der Waals surface area contributed by atoms with E-state index in [4.69, 9.17) is 21.8 Å². The maximum atomic E-state index is 9.60. The molecule has 0 aromatic rings. The molecule has 2 N–H and O–H groups in total. The van der Waals surface area contributed by atoms with Crippen molar-refractivity contribution >= 4 is 17.6 Å². The van der Waals surface area contributed by atoms with Crippen molar-refractivity contribution in [1.29, 1.82) is 0 Å². The smallest absolute Gasteiger partial charge is 1.00 e. The molecule has 3 nitrogen and oxygen atoms in total. The molecule has 0 radical (unpaired) electrons. The fourth-order valence-corrected chi connectivity index (χ4v) is 0.198. The quantitative estimate of drug-likeness (QED) is 0.320. The Hall–Kier alpha value is 0.720. The molecule has 0 amide bonds. The third kappa shape index (κ3) is 4.87. The van der Waals surface area contributed by atoms with Gasteiger partial charge in [0.25, 0.3) is 0 Å². The number of carboxylic acids is 1. The number of alkyl halides is 1. The van der Waals surface area contributed by atoms with Crippen molar-refractivity contribution in [3.05, 3.63) is 0 Å². The number of hydrogen-bond donors (Lipinski definition) is 2. The number of halogens is 1. The van der Waals surface area contributed by atoms with E-state index in [1.165, 1.54) is 0 Å². The average Bonchev–Trinajstić information content (AvgIpc) is 1.65. The van der Waals surface area contributed by atoms with Gasteiger partial charge in [0.15, 0.2) is 6.10 Å². The summed E-state index contributed by atoms with van der Waals surface area (Å²) in [5, 5.41) is 16.1. The van der Waals surface area contributed by atoms with Gasteiger partial charge >= 0.3 is 35.5 Å². The number of aliphatic carboxylic acids is 1. The number of aliphatic hydroxyl groups excluding tert-OH is 1. The summed E-state index contributed by atoms with van der Waals surface area (Å²) in [6.07, 6.45) is -1.42. The minimum absolute atomic E-state index is 0. The third-order valence-corrected chi connectivity index (χ3v) is 0.724. The summed E-state index contributed by atoms with van der Waals surface area (Å²) in [4.78, 5) is 9.60. The zero-order valence-corrected chi connectivity index (χ0v) is 7.22. The molecule has 1 unspecified atom stereocenters. The Morgan fingerprint density at radius 1 is 1.88 bits per heavy atom. The van der Waals surface area contributed by atoms with Gasteiger partial charge in [-0.2, -0.15) is 0 Å². The van der Waals surface area contributed by atoms with Gasteiger partial charge in [-0.1, -0.05) is 0 Å². The van der Waals surface area contributed by atoms with Crippen molar-refractivity contribution in [1.82, 2.24) is 0 Å². The van der Waals surface area contributed by atoms with Crippen LogP contribution in [0.25, 0.3) is 0 Å². The Labute approximate surface area is 75.4 Å². The summed E-state index contributed by atoms with van der Waals surface area (Å²) in [5.74, 6) is -1.54. The Balaban J connectivity index is -0.000000180. The second kappa shape index (κ2) is 5.85. The van der Waals surface area contributed by atoms with E-state index in [1.54, 1.807) is 0 Å². The van der Waals surface area contributed by atoms with Gasteiger partial charge < -0.3 is 11.6 Å². The molecule has 0 aliphatic heterocycles. The topological polar surface area (TPSA) is 57.5 Å². The first-order valence-electron chi connectivity index (χ1n) is 1.65. The van der Waals surface area contributed by atoms with Gasteiger partial charge in [0.2, 0.25) is 0 Å². The van der Waals surface area contributed by atoms with Crippen LogP contribution in [-0.4, -0.2) is 28.2 Å². The molecule has 0 fully saturated rings. The normalized spacial score (nSPS) is 11.8. The molecule has 0 aromatic heterocycles. The van der Waals surface area contributed by atoms with Gasteiger partial charge in [0, 0.05) is 0 Å². The summed E-state index contributed by atoms with van der Waals surface area (Å²) in [6, 6.07) is 0. The molecule has 0 bridgehead atoms. The number of carbonyl (C=O) groups is 1. The van der Waals surface area contributed by atoms with Gasteiger partial charge in [0.05, 0.1) is 5.88 Å². The van der Waals surface area contributed by atoms with E-state index >= 15 is 0 Å². The zero-order valence-electron chi connectivity index (χ0n) is 5.47. The predicted octanol–water partition coefficient (Wildman–Crippen LogP) is -3.21. The molecule has 1 atom stereocenters. The number of aliphatic hydroxyl groups is 1. The number of hydrogen-bond acceptors (Lipinski definition) is 2. The van der Waals surface area contributed by atoms with Crippen molar-refractivity contribution in [2.75, 3.05) is 5.88 Å². The first-order valence-corrected chi connectivity index (χ1v) is 2.18. The van der Waals surface area contributed by atoms with E-state index in [0.29, 0.717) is 0 Å². The van der Waals surface area contributed by atoms with Crippen LogP contribution in [0.4, 0.5) is 0 Å². The maximum absolute atomic E-state index is 9.60. The van der Waals surface area contributed by atoms with Crippen molar-refractivity contribution in [3.63, 3.8) is 0 Å². The molecule has 0 saturated carbocycles. The van der Waals surface area contributed by atoms with Crippen molar-refractivity contribution in [3.8, 4) is 0 Å². The van der Waals surface area contributed by atoms with Gasteiger partial charge in [0.1, 0.15) is 0 Å². The molecule has 0 saturated heterocycles. The monoisotopic (exact) mass is 148 g/mol. The summed E-state index contributed by atoms with van der Waals surface area (Å²) in [6.45, 7) is 0. The van der Waals surface area contributed by atoms with Crippen LogP contribution < -0.4 is 29.6 Å². The van der Waals surface area contributed by atoms with Crippen LogP contribution in [0, 0.1) is 0 Å². The molecule has 44 valence electrons. The summed E-state index contributed by atoms with van der Waals surface area (Å²) < 4.78 is 0. The molecule has 0 aromatic carbocycles. The maximum Gasteiger partial charge on any atom is 1.00 e. The minimum Gasteiger partial charge on any atom is -1.00 e. The largest absolute Gasteiger partial charge is 1.00 e. The predicted molar refractivity (Wildman–Crippen MR) is 25.5 cm³/mol. The number of carboxylic acid groups (broad SMARTS) is 1. The van der Waals surface area contributed by atoms with E-state index in [2.05, 4.69) is 0 Å². The van der Waals surface area contributed by atoms with Crippen molar-refractivity contribution in [2.24, 2.45) is 0 Å². The van der Waals surface area contributed by atoms with Gasteiger partial charge in [-0.3, -0.25) is 0 Å². The SMILES string of the molecule is O=C(O)C(O)CCl.[H-].[Na+]. The molecular weight excluding hydrogens is 142 g/mol. The molecular formula is C3H6ClNaO3. The first kappa shape index (κ1) is 11.5. The Bertz CT molecular complexity index is 81.5. The molecule has 0 spiro atoms. The molecule has 0 rings (SSSR count). The fourth-order valence-electron chi connectivity index (χ4n) is 0.0660. The van der Waals surface area contributed by atoms with Crippen LogP contribution >= 0.6 is 11.6 Å². The standard InChI is InChI=1S/C3H5ClO3.Na.H/c4-1-2(5)3(6)7;;/h2,5H,1H2,(H,6,7);;/q;+1;-1. The van der Waals surface area contributed by atoms with Crippen LogP contribution in [0.2, 0.25) is 0 Å². The average molecular weight is 149 g/mol. The Morgan fingerprint density at radius 2 is 2.25 bits per heavy atom. The van der Waals surface area contributed by atoms with Crippen molar-refractivity contribution in [2.45, 2.75) is 6.10 Å². The Kier molecular flexibility index (Phi) is 8.41. The van der Waals surface area contributed by atoms with Gasteiger partial charge in [-0.05, 0) is 0 Å². The van der Waals surface area contributed by atoms with E-state index < -0.39 is 12.1 Å². The van der Waals surface area contributed by atoms with Crippen LogP contribution in [-0.2, 0) is 4.79 Å². The van der Waals surface area contributed by atoms with Crippen LogP contribution in [0.1, 0.15) is 1.43 Å². The molecule has 0 aliphatic carbocycles.